The predicted octanol–water partition coefficient (Wildman–Crippen LogP) is 3.68. The van der Waals surface area contributed by atoms with Gasteiger partial charge in [0.15, 0.2) is 0 Å². The minimum atomic E-state index is 0.173. The van der Waals surface area contributed by atoms with Crippen LogP contribution in [0.1, 0.15) is 57.4 Å². The van der Waals surface area contributed by atoms with Crippen LogP contribution in [0.4, 0.5) is 5.69 Å². The molecule has 2 rings (SSSR count). The smallest absolute Gasteiger partial charge is 0.220 e. The number of carbonyl (C=O) groups excluding carboxylic acids is 1. The molecule has 1 aromatic rings. The lowest BCUT2D eigenvalue weighted by molar-refractivity contribution is -0.122. The molecular weight excluding hydrogens is 260 g/mol. The van der Waals surface area contributed by atoms with Gasteiger partial charge in [0.2, 0.25) is 5.91 Å². The number of anilines is 1. The number of carbonyl (C=O) groups is 1. The number of para-hydroxylation sites is 1. The fraction of sp³-hybridized carbons (Fsp3) is 0.611. The van der Waals surface area contributed by atoms with E-state index in [1.54, 1.807) is 0 Å². The second kappa shape index (κ2) is 8.06. The van der Waals surface area contributed by atoms with E-state index < -0.39 is 0 Å². The first-order chi connectivity index (χ1) is 10.2. The van der Waals surface area contributed by atoms with Crippen LogP contribution >= 0.6 is 0 Å². The van der Waals surface area contributed by atoms with Crippen molar-refractivity contribution in [2.45, 2.75) is 64.3 Å². The molecule has 2 atom stereocenters. The molecule has 1 aromatic carbocycles. The number of aryl methyl sites for hydroxylation is 1. The van der Waals surface area contributed by atoms with Gasteiger partial charge >= 0.3 is 0 Å². The molecule has 3 nitrogen and oxygen atoms in total. The van der Waals surface area contributed by atoms with Crippen LogP contribution in [0, 0.1) is 5.92 Å². The number of rotatable bonds is 7. The maximum atomic E-state index is 12.2. The van der Waals surface area contributed by atoms with E-state index in [2.05, 4.69) is 12.2 Å². The fourth-order valence-electron chi connectivity index (χ4n) is 3.33. The van der Waals surface area contributed by atoms with Crippen LogP contribution in [-0.2, 0) is 11.2 Å². The molecule has 0 radical (unpaired) electrons. The highest BCUT2D eigenvalue weighted by molar-refractivity contribution is 5.76. The second-order valence-electron chi connectivity index (χ2n) is 6.21. The van der Waals surface area contributed by atoms with Gasteiger partial charge < -0.3 is 11.1 Å². The number of hydrogen-bond donors (Lipinski definition) is 2. The molecule has 1 amide bonds. The van der Waals surface area contributed by atoms with E-state index in [4.69, 9.17) is 5.73 Å². The van der Waals surface area contributed by atoms with Gasteiger partial charge in [-0.2, -0.15) is 0 Å². The number of nitrogen functional groups attached to an aromatic ring is 1. The molecule has 0 aromatic heterocycles. The Morgan fingerprint density at radius 3 is 2.90 bits per heavy atom. The molecule has 3 N–H and O–H groups in total. The summed E-state index contributed by atoms with van der Waals surface area (Å²) in [7, 11) is 0. The third kappa shape index (κ3) is 4.76. The summed E-state index contributed by atoms with van der Waals surface area (Å²) >= 11 is 0. The van der Waals surface area contributed by atoms with Gasteiger partial charge in [-0.25, -0.2) is 0 Å². The van der Waals surface area contributed by atoms with Crippen molar-refractivity contribution in [3.8, 4) is 0 Å². The summed E-state index contributed by atoms with van der Waals surface area (Å²) < 4.78 is 0. The van der Waals surface area contributed by atoms with E-state index in [9.17, 15) is 4.79 Å². The van der Waals surface area contributed by atoms with E-state index in [1.165, 1.54) is 32.1 Å². The summed E-state index contributed by atoms with van der Waals surface area (Å²) in [6, 6.07) is 8.20. The van der Waals surface area contributed by atoms with Crippen molar-refractivity contribution in [2.24, 2.45) is 5.92 Å². The lowest BCUT2D eigenvalue weighted by atomic mass is 9.96. The largest absolute Gasteiger partial charge is 0.399 e. The van der Waals surface area contributed by atoms with Crippen molar-refractivity contribution in [3.05, 3.63) is 29.8 Å². The standard InChI is InChI=1S/C18H28N2O/c1-2-3-7-15-9-6-11-17(15)20-18(21)13-12-14-8-4-5-10-16(14)19/h4-5,8,10,15,17H,2-3,6-7,9,11-13,19H2,1H3,(H,20,21). The Hall–Kier alpha value is -1.51. The van der Waals surface area contributed by atoms with Crippen LogP contribution in [-0.4, -0.2) is 11.9 Å². The summed E-state index contributed by atoms with van der Waals surface area (Å²) in [5, 5.41) is 3.25. The molecule has 0 heterocycles. The molecule has 0 bridgehead atoms. The van der Waals surface area contributed by atoms with Crippen molar-refractivity contribution in [2.75, 3.05) is 5.73 Å². The van der Waals surface area contributed by atoms with Crippen molar-refractivity contribution < 1.29 is 4.79 Å². The zero-order valence-electron chi connectivity index (χ0n) is 13.1. The Kier molecular flexibility index (Phi) is 6.09. The minimum Gasteiger partial charge on any atom is -0.399 e. The maximum absolute atomic E-state index is 12.2. The Labute approximate surface area is 128 Å². The zero-order chi connectivity index (χ0) is 15.1. The first kappa shape index (κ1) is 15.9. The molecule has 0 saturated heterocycles. The monoisotopic (exact) mass is 288 g/mol. The maximum Gasteiger partial charge on any atom is 0.220 e. The van der Waals surface area contributed by atoms with E-state index >= 15 is 0 Å². The molecule has 1 aliphatic rings. The Morgan fingerprint density at radius 2 is 2.14 bits per heavy atom. The number of nitrogens with one attached hydrogen (secondary N) is 1. The molecule has 1 saturated carbocycles. The van der Waals surface area contributed by atoms with Crippen LogP contribution < -0.4 is 11.1 Å². The fourth-order valence-corrected chi connectivity index (χ4v) is 3.33. The van der Waals surface area contributed by atoms with Crippen molar-refractivity contribution in [1.29, 1.82) is 0 Å². The predicted molar refractivity (Wildman–Crippen MR) is 88.0 cm³/mol. The van der Waals surface area contributed by atoms with Gasteiger partial charge in [-0.1, -0.05) is 44.4 Å². The van der Waals surface area contributed by atoms with Gasteiger partial charge in [0.05, 0.1) is 0 Å². The topological polar surface area (TPSA) is 55.1 Å². The number of unbranched alkanes of at least 4 members (excludes halogenated alkanes) is 1. The third-order valence-electron chi connectivity index (χ3n) is 4.61. The van der Waals surface area contributed by atoms with Gasteiger partial charge in [0.1, 0.15) is 0 Å². The van der Waals surface area contributed by atoms with Crippen molar-refractivity contribution in [3.63, 3.8) is 0 Å². The molecule has 0 aliphatic heterocycles. The SMILES string of the molecule is CCCCC1CCCC1NC(=O)CCc1ccccc1N. The normalized spacial score (nSPS) is 21.4. The Bertz CT molecular complexity index is 458. The average Bonchev–Trinajstić information content (AvgIpc) is 2.91. The molecule has 1 aliphatic carbocycles. The first-order valence-corrected chi connectivity index (χ1v) is 8.33. The quantitative estimate of drug-likeness (QED) is 0.752. The summed E-state index contributed by atoms with van der Waals surface area (Å²) in [6.45, 7) is 2.23. The van der Waals surface area contributed by atoms with Crippen molar-refractivity contribution >= 4 is 11.6 Å². The second-order valence-corrected chi connectivity index (χ2v) is 6.21. The first-order valence-electron chi connectivity index (χ1n) is 8.33. The molecule has 1 fully saturated rings. The summed E-state index contributed by atoms with van der Waals surface area (Å²) in [5.41, 5.74) is 7.77. The van der Waals surface area contributed by atoms with Crippen LogP contribution in [0.25, 0.3) is 0 Å². The number of amides is 1. The average molecular weight is 288 g/mol. The lowest BCUT2D eigenvalue weighted by Crippen LogP contribution is -2.37. The van der Waals surface area contributed by atoms with E-state index in [-0.39, 0.29) is 5.91 Å². The Balaban J connectivity index is 1.77. The highest BCUT2D eigenvalue weighted by Gasteiger charge is 2.27. The zero-order valence-corrected chi connectivity index (χ0v) is 13.1. The van der Waals surface area contributed by atoms with Crippen LogP contribution in [0.5, 0.6) is 0 Å². The van der Waals surface area contributed by atoms with Gasteiger partial charge in [-0.05, 0) is 43.2 Å². The summed E-state index contributed by atoms with van der Waals surface area (Å²) in [5.74, 6) is 0.863. The third-order valence-corrected chi connectivity index (χ3v) is 4.61. The summed E-state index contributed by atoms with van der Waals surface area (Å²) in [6.07, 6.45) is 8.71. The van der Waals surface area contributed by atoms with Crippen LogP contribution in [0.15, 0.2) is 24.3 Å². The minimum absolute atomic E-state index is 0.173. The molecule has 0 spiro atoms. The van der Waals surface area contributed by atoms with Crippen LogP contribution in [0.3, 0.4) is 0 Å². The molecule has 2 unspecified atom stereocenters. The molecular formula is C18H28N2O. The highest BCUT2D eigenvalue weighted by Crippen LogP contribution is 2.30. The molecule has 21 heavy (non-hydrogen) atoms. The van der Waals surface area contributed by atoms with Gasteiger partial charge in [-0.15, -0.1) is 0 Å². The number of benzene rings is 1. The number of hydrogen-bond acceptors (Lipinski definition) is 2. The molecule has 116 valence electrons. The van der Waals surface area contributed by atoms with E-state index in [0.29, 0.717) is 18.4 Å². The molecule has 3 heteroatoms. The number of nitrogens with two attached hydrogens (primary N) is 1. The van der Waals surface area contributed by atoms with E-state index in [1.807, 2.05) is 24.3 Å². The van der Waals surface area contributed by atoms with Gasteiger partial charge in [0.25, 0.3) is 0 Å². The van der Waals surface area contributed by atoms with Crippen LogP contribution in [0.2, 0.25) is 0 Å². The van der Waals surface area contributed by atoms with Gasteiger partial charge in [0, 0.05) is 18.2 Å². The van der Waals surface area contributed by atoms with E-state index in [0.717, 1.165) is 24.1 Å². The van der Waals surface area contributed by atoms with Crippen molar-refractivity contribution in [1.82, 2.24) is 5.32 Å². The summed E-state index contributed by atoms with van der Waals surface area (Å²) in [4.78, 5) is 12.2. The highest BCUT2D eigenvalue weighted by atomic mass is 16.1. The van der Waals surface area contributed by atoms with Gasteiger partial charge in [-0.3, -0.25) is 4.79 Å². The lowest BCUT2D eigenvalue weighted by Gasteiger charge is -2.21. The Morgan fingerprint density at radius 1 is 1.33 bits per heavy atom.